The summed E-state index contributed by atoms with van der Waals surface area (Å²) in [6, 6.07) is 0. The van der Waals surface area contributed by atoms with E-state index in [1.807, 2.05) is 13.8 Å². The van der Waals surface area contributed by atoms with Crippen LogP contribution in [-0.2, 0) is 4.79 Å². The zero-order chi connectivity index (χ0) is 9.94. The molecule has 12 heavy (non-hydrogen) atoms. The van der Waals surface area contributed by atoms with Crippen LogP contribution in [0, 0.1) is 11.3 Å². The molecule has 72 valence electrons. The van der Waals surface area contributed by atoms with Crippen molar-refractivity contribution in [3.05, 3.63) is 0 Å². The second kappa shape index (κ2) is 3.87. The maximum Gasteiger partial charge on any atom is 0.312 e. The Morgan fingerprint density at radius 2 is 1.92 bits per heavy atom. The SMILES string of the molecule is CC(C)CC(F)C(C)(C)C(=O)O. The maximum absolute atomic E-state index is 13.3. The summed E-state index contributed by atoms with van der Waals surface area (Å²) in [5, 5.41) is 8.68. The molecule has 1 unspecified atom stereocenters. The van der Waals surface area contributed by atoms with Crippen molar-refractivity contribution in [2.75, 3.05) is 0 Å². The third-order valence-corrected chi connectivity index (χ3v) is 2.01. The summed E-state index contributed by atoms with van der Waals surface area (Å²) >= 11 is 0. The van der Waals surface area contributed by atoms with Crippen molar-refractivity contribution in [3.63, 3.8) is 0 Å². The Morgan fingerprint density at radius 3 is 2.17 bits per heavy atom. The molecule has 1 N–H and O–H groups in total. The maximum atomic E-state index is 13.3. The van der Waals surface area contributed by atoms with Crippen molar-refractivity contribution in [1.29, 1.82) is 0 Å². The molecular weight excluding hydrogens is 159 g/mol. The third-order valence-electron chi connectivity index (χ3n) is 2.01. The third kappa shape index (κ3) is 2.80. The number of alkyl halides is 1. The first kappa shape index (κ1) is 11.4. The van der Waals surface area contributed by atoms with Crippen LogP contribution in [0.5, 0.6) is 0 Å². The Balaban J connectivity index is 4.25. The van der Waals surface area contributed by atoms with Crippen LogP contribution in [0.3, 0.4) is 0 Å². The highest BCUT2D eigenvalue weighted by Gasteiger charge is 2.37. The lowest BCUT2D eigenvalue weighted by Gasteiger charge is -2.24. The summed E-state index contributed by atoms with van der Waals surface area (Å²) in [5.74, 6) is -0.880. The fourth-order valence-corrected chi connectivity index (χ4v) is 0.842. The summed E-state index contributed by atoms with van der Waals surface area (Å²) in [6.45, 7) is 6.60. The molecule has 0 spiro atoms. The van der Waals surface area contributed by atoms with Crippen LogP contribution in [0.15, 0.2) is 0 Å². The first-order valence-corrected chi connectivity index (χ1v) is 4.16. The van der Waals surface area contributed by atoms with Gasteiger partial charge in [-0.25, -0.2) is 4.39 Å². The predicted octanol–water partition coefficient (Wildman–Crippen LogP) is 2.48. The van der Waals surface area contributed by atoms with Crippen LogP contribution in [-0.4, -0.2) is 17.2 Å². The number of carboxylic acid groups (broad SMARTS) is 1. The number of aliphatic carboxylic acids is 1. The van der Waals surface area contributed by atoms with E-state index in [9.17, 15) is 9.18 Å². The van der Waals surface area contributed by atoms with Crippen LogP contribution in [0.2, 0.25) is 0 Å². The van der Waals surface area contributed by atoms with E-state index in [4.69, 9.17) is 5.11 Å². The van der Waals surface area contributed by atoms with Gasteiger partial charge < -0.3 is 5.11 Å². The number of hydrogen-bond donors (Lipinski definition) is 1. The van der Waals surface area contributed by atoms with E-state index in [-0.39, 0.29) is 5.92 Å². The van der Waals surface area contributed by atoms with Gasteiger partial charge in [0, 0.05) is 0 Å². The molecule has 3 heteroatoms. The van der Waals surface area contributed by atoms with Crippen molar-refractivity contribution in [2.24, 2.45) is 11.3 Å². The molecule has 0 rings (SSSR count). The number of halogens is 1. The van der Waals surface area contributed by atoms with Gasteiger partial charge >= 0.3 is 5.97 Å². The molecule has 0 saturated carbocycles. The summed E-state index contributed by atoms with van der Waals surface area (Å²) in [7, 11) is 0. The van der Waals surface area contributed by atoms with E-state index in [1.54, 1.807) is 0 Å². The minimum Gasteiger partial charge on any atom is -0.481 e. The molecule has 0 aliphatic heterocycles. The average Bonchev–Trinajstić information content (AvgIpc) is 1.85. The fourth-order valence-electron chi connectivity index (χ4n) is 0.842. The zero-order valence-electron chi connectivity index (χ0n) is 8.10. The molecule has 0 saturated heterocycles. The molecule has 0 aromatic rings. The fraction of sp³-hybridized carbons (Fsp3) is 0.889. The van der Waals surface area contributed by atoms with E-state index >= 15 is 0 Å². The zero-order valence-corrected chi connectivity index (χ0v) is 8.10. The van der Waals surface area contributed by atoms with Gasteiger partial charge in [-0.2, -0.15) is 0 Å². The first-order valence-electron chi connectivity index (χ1n) is 4.16. The smallest absolute Gasteiger partial charge is 0.312 e. The van der Waals surface area contributed by atoms with E-state index in [2.05, 4.69) is 0 Å². The Labute approximate surface area is 72.8 Å². The monoisotopic (exact) mass is 176 g/mol. The van der Waals surface area contributed by atoms with Gasteiger partial charge in [-0.1, -0.05) is 13.8 Å². The van der Waals surface area contributed by atoms with Crippen molar-refractivity contribution in [1.82, 2.24) is 0 Å². The van der Waals surface area contributed by atoms with Gasteiger partial charge in [0.1, 0.15) is 6.17 Å². The van der Waals surface area contributed by atoms with E-state index in [1.165, 1.54) is 13.8 Å². The number of rotatable bonds is 4. The highest BCUT2D eigenvalue weighted by molar-refractivity contribution is 5.74. The molecule has 0 aromatic carbocycles. The topological polar surface area (TPSA) is 37.3 Å². The Hall–Kier alpha value is -0.600. The minimum absolute atomic E-state index is 0.193. The molecular formula is C9H17FO2. The second-order valence-corrected chi connectivity index (χ2v) is 4.12. The molecule has 2 nitrogen and oxygen atoms in total. The molecule has 0 aliphatic carbocycles. The molecule has 0 amide bonds. The Morgan fingerprint density at radius 1 is 1.50 bits per heavy atom. The van der Waals surface area contributed by atoms with E-state index < -0.39 is 17.6 Å². The number of carbonyl (C=O) groups is 1. The normalized spacial score (nSPS) is 14.8. The summed E-state index contributed by atoms with van der Waals surface area (Å²) in [6.07, 6.45) is -0.964. The van der Waals surface area contributed by atoms with Gasteiger partial charge in [0.25, 0.3) is 0 Å². The summed E-state index contributed by atoms with van der Waals surface area (Å²) in [5.41, 5.74) is -1.26. The van der Waals surface area contributed by atoms with E-state index in [0.717, 1.165) is 0 Å². The molecule has 0 bridgehead atoms. The standard InChI is InChI=1S/C9H17FO2/c1-6(2)5-7(10)9(3,4)8(11)12/h6-7H,5H2,1-4H3,(H,11,12). The van der Waals surface area contributed by atoms with Crippen LogP contribution >= 0.6 is 0 Å². The van der Waals surface area contributed by atoms with Gasteiger partial charge in [0.05, 0.1) is 5.41 Å². The predicted molar refractivity (Wildman–Crippen MR) is 45.8 cm³/mol. The van der Waals surface area contributed by atoms with Crippen molar-refractivity contribution < 1.29 is 14.3 Å². The molecule has 0 aromatic heterocycles. The quantitative estimate of drug-likeness (QED) is 0.714. The minimum atomic E-state index is -1.27. The molecule has 0 aliphatic rings. The second-order valence-electron chi connectivity index (χ2n) is 4.12. The van der Waals surface area contributed by atoms with Crippen LogP contribution in [0.25, 0.3) is 0 Å². The van der Waals surface area contributed by atoms with Crippen molar-refractivity contribution in [2.45, 2.75) is 40.3 Å². The first-order chi connectivity index (χ1) is 5.28. The summed E-state index contributed by atoms with van der Waals surface area (Å²) in [4.78, 5) is 10.6. The van der Waals surface area contributed by atoms with Gasteiger partial charge in [0.15, 0.2) is 0 Å². The Kier molecular flexibility index (Phi) is 3.68. The number of hydrogen-bond acceptors (Lipinski definition) is 1. The van der Waals surface area contributed by atoms with Crippen LogP contribution < -0.4 is 0 Å². The Bertz CT molecular complexity index is 164. The molecule has 0 fully saturated rings. The van der Waals surface area contributed by atoms with E-state index in [0.29, 0.717) is 6.42 Å². The largest absolute Gasteiger partial charge is 0.481 e. The highest BCUT2D eigenvalue weighted by atomic mass is 19.1. The average molecular weight is 176 g/mol. The van der Waals surface area contributed by atoms with Gasteiger partial charge in [0.2, 0.25) is 0 Å². The lowest BCUT2D eigenvalue weighted by molar-refractivity contribution is -0.151. The lowest BCUT2D eigenvalue weighted by atomic mass is 9.83. The van der Waals surface area contributed by atoms with Gasteiger partial charge in [-0.05, 0) is 26.2 Å². The van der Waals surface area contributed by atoms with Crippen molar-refractivity contribution in [3.8, 4) is 0 Å². The molecule has 0 radical (unpaired) electrons. The van der Waals surface area contributed by atoms with Crippen molar-refractivity contribution >= 4 is 5.97 Å². The van der Waals surface area contributed by atoms with Gasteiger partial charge in [-0.3, -0.25) is 4.79 Å². The molecule has 0 heterocycles. The summed E-state index contributed by atoms with van der Waals surface area (Å²) < 4.78 is 13.3. The van der Waals surface area contributed by atoms with Gasteiger partial charge in [-0.15, -0.1) is 0 Å². The molecule has 1 atom stereocenters. The lowest BCUT2D eigenvalue weighted by Crippen LogP contribution is -2.35. The van der Waals surface area contributed by atoms with Crippen LogP contribution in [0.1, 0.15) is 34.1 Å². The highest BCUT2D eigenvalue weighted by Crippen LogP contribution is 2.28. The number of carboxylic acids is 1. The van der Waals surface area contributed by atoms with Crippen LogP contribution in [0.4, 0.5) is 4.39 Å².